The lowest BCUT2D eigenvalue weighted by Gasteiger charge is -2.02. The van der Waals surface area contributed by atoms with E-state index in [-0.39, 0.29) is 0 Å². The van der Waals surface area contributed by atoms with E-state index in [1.54, 1.807) is 22.3 Å². The van der Waals surface area contributed by atoms with Crippen molar-refractivity contribution in [3.05, 3.63) is 33.5 Å². The summed E-state index contributed by atoms with van der Waals surface area (Å²) in [6.45, 7) is 1.75. The summed E-state index contributed by atoms with van der Waals surface area (Å²) in [5.41, 5.74) is 0. The van der Waals surface area contributed by atoms with Gasteiger partial charge in [-0.1, -0.05) is 11.6 Å². The van der Waals surface area contributed by atoms with Gasteiger partial charge in [-0.3, -0.25) is 4.68 Å². The smallest absolute Gasteiger partial charge is 0.138 e. The Morgan fingerprint density at radius 3 is 3.00 bits per heavy atom. The summed E-state index contributed by atoms with van der Waals surface area (Å²) in [6, 6.07) is 3.97. The molecule has 0 saturated heterocycles. The lowest BCUT2D eigenvalue weighted by molar-refractivity contribution is 0.637. The van der Waals surface area contributed by atoms with Crippen LogP contribution in [0.2, 0.25) is 4.34 Å². The van der Waals surface area contributed by atoms with Crippen molar-refractivity contribution in [2.75, 3.05) is 6.54 Å². The topological polar surface area (TPSA) is 42.7 Å². The van der Waals surface area contributed by atoms with E-state index in [2.05, 4.69) is 15.4 Å². The molecule has 0 saturated carbocycles. The second kappa shape index (κ2) is 5.43. The Kier molecular flexibility index (Phi) is 3.93. The molecule has 0 aliphatic heterocycles. The van der Waals surface area contributed by atoms with Crippen LogP contribution >= 0.6 is 22.9 Å². The molecule has 86 valence electrons. The maximum Gasteiger partial charge on any atom is 0.138 e. The SMILES string of the molecule is Cn1ncnc1CCNCc1ccc(Cl)s1. The number of halogens is 1. The fraction of sp³-hybridized carbons (Fsp3) is 0.400. The van der Waals surface area contributed by atoms with E-state index in [4.69, 9.17) is 11.6 Å². The van der Waals surface area contributed by atoms with Gasteiger partial charge in [0.05, 0.1) is 4.34 Å². The van der Waals surface area contributed by atoms with Crippen molar-refractivity contribution in [3.8, 4) is 0 Å². The quantitative estimate of drug-likeness (QED) is 0.831. The molecule has 0 spiro atoms. The van der Waals surface area contributed by atoms with Crippen LogP contribution in [-0.2, 0) is 20.0 Å². The molecule has 2 rings (SSSR count). The summed E-state index contributed by atoms with van der Waals surface area (Å²) < 4.78 is 2.63. The number of nitrogens with zero attached hydrogens (tertiary/aromatic N) is 3. The van der Waals surface area contributed by atoms with Crippen LogP contribution in [0.3, 0.4) is 0 Å². The molecule has 2 aromatic rings. The molecule has 0 amide bonds. The van der Waals surface area contributed by atoms with Gasteiger partial charge >= 0.3 is 0 Å². The molecule has 0 atom stereocenters. The standard InChI is InChI=1S/C10H13ClN4S/c1-15-10(13-7-14-15)4-5-12-6-8-2-3-9(11)16-8/h2-3,7,12H,4-6H2,1H3. The second-order valence-electron chi connectivity index (χ2n) is 3.43. The second-order valence-corrected chi connectivity index (χ2v) is 5.23. The number of rotatable bonds is 5. The maximum atomic E-state index is 5.84. The van der Waals surface area contributed by atoms with Crippen molar-refractivity contribution >= 4 is 22.9 Å². The Morgan fingerprint density at radius 2 is 2.38 bits per heavy atom. The highest BCUT2D eigenvalue weighted by Crippen LogP contribution is 2.20. The van der Waals surface area contributed by atoms with Gasteiger partial charge in [-0.15, -0.1) is 11.3 Å². The lowest BCUT2D eigenvalue weighted by atomic mass is 10.4. The highest BCUT2D eigenvalue weighted by atomic mass is 35.5. The van der Waals surface area contributed by atoms with E-state index in [0.29, 0.717) is 0 Å². The van der Waals surface area contributed by atoms with Crippen LogP contribution < -0.4 is 5.32 Å². The molecule has 0 unspecified atom stereocenters. The highest BCUT2D eigenvalue weighted by molar-refractivity contribution is 7.16. The highest BCUT2D eigenvalue weighted by Gasteiger charge is 2.00. The predicted molar refractivity (Wildman–Crippen MR) is 65.7 cm³/mol. The normalized spacial score (nSPS) is 10.9. The molecular formula is C10H13ClN4S. The average Bonchev–Trinajstić information content (AvgIpc) is 2.83. The average molecular weight is 257 g/mol. The van der Waals surface area contributed by atoms with Gasteiger partial charge in [0, 0.05) is 31.4 Å². The van der Waals surface area contributed by atoms with Gasteiger partial charge in [-0.25, -0.2) is 4.98 Å². The molecule has 0 aliphatic carbocycles. The monoisotopic (exact) mass is 256 g/mol. The fourth-order valence-corrected chi connectivity index (χ4v) is 2.46. The first-order valence-electron chi connectivity index (χ1n) is 5.03. The Bertz CT molecular complexity index is 451. The maximum absolute atomic E-state index is 5.84. The molecule has 6 heteroatoms. The van der Waals surface area contributed by atoms with E-state index in [0.717, 1.165) is 29.7 Å². The van der Waals surface area contributed by atoms with Crippen LogP contribution in [0.25, 0.3) is 0 Å². The van der Waals surface area contributed by atoms with Crippen LogP contribution in [0.15, 0.2) is 18.5 Å². The van der Waals surface area contributed by atoms with E-state index < -0.39 is 0 Å². The summed E-state index contributed by atoms with van der Waals surface area (Å²) in [5, 5.41) is 7.37. The van der Waals surface area contributed by atoms with Gasteiger partial charge in [0.15, 0.2) is 0 Å². The number of thiophene rings is 1. The summed E-state index contributed by atoms with van der Waals surface area (Å²) in [5.74, 6) is 0.997. The third-order valence-corrected chi connectivity index (χ3v) is 3.49. The van der Waals surface area contributed by atoms with Crippen LogP contribution in [0.4, 0.5) is 0 Å². The van der Waals surface area contributed by atoms with E-state index in [1.165, 1.54) is 4.88 Å². The van der Waals surface area contributed by atoms with Crippen LogP contribution in [0.1, 0.15) is 10.7 Å². The zero-order valence-electron chi connectivity index (χ0n) is 8.98. The summed E-state index contributed by atoms with van der Waals surface area (Å²) in [4.78, 5) is 5.41. The van der Waals surface area contributed by atoms with Gasteiger partial charge < -0.3 is 5.32 Å². The zero-order valence-corrected chi connectivity index (χ0v) is 10.6. The first kappa shape index (κ1) is 11.6. The van der Waals surface area contributed by atoms with Crippen molar-refractivity contribution < 1.29 is 0 Å². The van der Waals surface area contributed by atoms with E-state index >= 15 is 0 Å². The Hall–Kier alpha value is -0.910. The molecule has 4 nitrogen and oxygen atoms in total. The molecule has 1 N–H and O–H groups in total. The van der Waals surface area contributed by atoms with Gasteiger partial charge in [0.25, 0.3) is 0 Å². The molecule has 16 heavy (non-hydrogen) atoms. The largest absolute Gasteiger partial charge is 0.311 e. The lowest BCUT2D eigenvalue weighted by Crippen LogP contribution is -2.17. The Morgan fingerprint density at radius 1 is 1.50 bits per heavy atom. The minimum absolute atomic E-state index is 0.838. The van der Waals surface area contributed by atoms with Crippen LogP contribution in [0, 0.1) is 0 Å². The minimum Gasteiger partial charge on any atom is -0.311 e. The van der Waals surface area contributed by atoms with E-state index in [1.807, 2.05) is 19.2 Å². The van der Waals surface area contributed by atoms with Gasteiger partial charge in [-0.05, 0) is 12.1 Å². The fourth-order valence-electron chi connectivity index (χ4n) is 1.41. The molecule has 0 radical (unpaired) electrons. The molecule has 2 aromatic heterocycles. The Balaban J connectivity index is 1.71. The van der Waals surface area contributed by atoms with Gasteiger partial charge in [-0.2, -0.15) is 5.10 Å². The number of aryl methyl sites for hydroxylation is 1. The van der Waals surface area contributed by atoms with Crippen molar-refractivity contribution in [2.45, 2.75) is 13.0 Å². The summed E-state index contributed by atoms with van der Waals surface area (Å²) in [7, 11) is 1.90. The van der Waals surface area contributed by atoms with E-state index in [9.17, 15) is 0 Å². The summed E-state index contributed by atoms with van der Waals surface area (Å²) >= 11 is 7.45. The summed E-state index contributed by atoms with van der Waals surface area (Å²) in [6.07, 6.45) is 2.46. The first-order valence-corrected chi connectivity index (χ1v) is 6.23. The van der Waals surface area contributed by atoms with Crippen molar-refractivity contribution in [2.24, 2.45) is 7.05 Å². The minimum atomic E-state index is 0.838. The molecule has 0 bridgehead atoms. The third-order valence-electron chi connectivity index (χ3n) is 2.26. The van der Waals surface area contributed by atoms with Crippen molar-refractivity contribution in [3.63, 3.8) is 0 Å². The molecular weight excluding hydrogens is 244 g/mol. The zero-order chi connectivity index (χ0) is 11.4. The third kappa shape index (κ3) is 3.04. The van der Waals surface area contributed by atoms with Crippen molar-refractivity contribution in [1.29, 1.82) is 0 Å². The predicted octanol–water partition coefficient (Wildman–Crippen LogP) is 1.86. The molecule has 0 aromatic carbocycles. The first-order chi connectivity index (χ1) is 7.75. The number of nitrogens with one attached hydrogen (secondary N) is 1. The van der Waals surface area contributed by atoms with Crippen LogP contribution in [-0.4, -0.2) is 21.3 Å². The number of hydrogen-bond donors (Lipinski definition) is 1. The molecule has 0 fully saturated rings. The van der Waals surface area contributed by atoms with Crippen LogP contribution in [0.5, 0.6) is 0 Å². The van der Waals surface area contributed by atoms with Gasteiger partial charge in [0.2, 0.25) is 0 Å². The number of hydrogen-bond acceptors (Lipinski definition) is 4. The molecule has 2 heterocycles. The van der Waals surface area contributed by atoms with Gasteiger partial charge in [0.1, 0.15) is 12.2 Å². The Labute approximate surface area is 103 Å². The van der Waals surface area contributed by atoms with Crippen molar-refractivity contribution in [1.82, 2.24) is 20.1 Å². The number of aromatic nitrogens is 3. The molecule has 0 aliphatic rings.